The van der Waals surface area contributed by atoms with Crippen molar-refractivity contribution >= 4 is 17.1 Å². The van der Waals surface area contributed by atoms with Gasteiger partial charge in [-0.2, -0.15) is 13.2 Å². The molecule has 1 saturated carbocycles. The fourth-order valence-corrected chi connectivity index (χ4v) is 3.69. The molecule has 1 aliphatic heterocycles. The molecule has 2 aliphatic rings. The summed E-state index contributed by atoms with van der Waals surface area (Å²) in [7, 11) is 0. The molecule has 0 atom stereocenters. The predicted octanol–water partition coefficient (Wildman–Crippen LogP) is 6.55. The summed E-state index contributed by atoms with van der Waals surface area (Å²) in [6.07, 6.45) is 1.48. The summed E-state index contributed by atoms with van der Waals surface area (Å²) in [6.45, 7) is 0.678. The lowest BCUT2D eigenvalue weighted by Gasteiger charge is -2.27. The molecular formula is C20H21F3N2O. The topological polar surface area (TPSA) is 33.3 Å². The zero-order valence-electron chi connectivity index (χ0n) is 14.3. The number of alkyl halides is 3. The second kappa shape index (κ2) is 6.74. The van der Waals surface area contributed by atoms with Crippen molar-refractivity contribution in [2.75, 3.05) is 17.2 Å². The number of hydrogen-bond acceptors (Lipinski definition) is 3. The van der Waals surface area contributed by atoms with E-state index in [1.165, 1.54) is 25.3 Å². The molecule has 1 aliphatic carbocycles. The molecule has 6 heteroatoms. The lowest BCUT2D eigenvalue weighted by molar-refractivity contribution is -0.137. The van der Waals surface area contributed by atoms with Crippen molar-refractivity contribution < 1.29 is 17.9 Å². The van der Waals surface area contributed by atoms with Gasteiger partial charge in [-0.15, -0.1) is 0 Å². The fourth-order valence-electron chi connectivity index (χ4n) is 3.69. The number of ether oxygens (including phenoxy) is 1. The maximum atomic E-state index is 13.3. The average Bonchev–Trinajstić information content (AvgIpc) is 2.64. The summed E-state index contributed by atoms with van der Waals surface area (Å²) in [5.74, 6) is 1.23. The summed E-state index contributed by atoms with van der Waals surface area (Å²) in [6, 6.07) is 9.47. The van der Waals surface area contributed by atoms with Gasteiger partial charge in [-0.05, 0) is 43.0 Å². The summed E-state index contributed by atoms with van der Waals surface area (Å²) in [4.78, 5) is 0. The quantitative estimate of drug-likeness (QED) is 0.554. The third-order valence-electron chi connectivity index (χ3n) is 5.10. The number of hydrogen-bond donors (Lipinski definition) is 2. The highest BCUT2D eigenvalue weighted by Gasteiger charge is 2.34. The van der Waals surface area contributed by atoms with Crippen LogP contribution in [-0.4, -0.2) is 6.54 Å². The van der Waals surface area contributed by atoms with E-state index in [9.17, 15) is 13.2 Å². The summed E-state index contributed by atoms with van der Waals surface area (Å²) < 4.78 is 45.7. The molecule has 0 aromatic heterocycles. The molecule has 138 valence electrons. The van der Waals surface area contributed by atoms with Crippen LogP contribution in [0.15, 0.2) is 36.4 Å². The molecule has 0 radical (unpaired) electrons. The number of rotatable bonds is 3. The standard InChI is InChI=1S/C20H21F3N2O/c21-20(22,23)14-10-16(24-12-13-6-2-1-3-7-13)19-18(11-14)26-17-9-5-4-8-15(17)25-19/h4-5,8-11,13,24-25H,1-3,6-7,12H2. The Hall–Kier alpha value is -2.37. The van der Waals surface area contributed by atoms with E-state index in [2.05, 4.69) is 10.6 Å². The van der Waals surface area contributed by atoms with Crippen LogP contribution in [0.3, 0.4) is 0 Å². The van der Waals surface area contributed by atoms with Crippen LogP contribution < -0.4 is 15.4 Å². The van der Waals surface area contributed by atoms with Gasteiger partial charge in [-0.25, -0.2) is 0 Å². The minimum atomic E-state index is -4.42. The molecule has 1 fully saturated rings. The molecule has 3 nitrogen and oxygen atoms in total. The van der Waals surface area contributed by atoms with E-state index >= 15 is 0 Å². The molecule has 0 bridgehead atoms. The van der Waals surface area contributed by atoms with Crippen LogP contribution in [-0.2, 0) is 6.18 Å². The van der Waals surface area contributed by atoms with E-state index in [1.54, 1.807) is 12.1 Å². The van der Waals surface area contributed by atoms with E-state index in [0.717, 1.165) is 24.6 Å². The summed E-state index contributed by atoms with van der Waals surface area (Å²) in [5.41, 5.74) is 1.05. The number of benzene rings is 2. The van der Waals surface area contributed by atoms with E-state index in [0.29, 0.717) is 29.6 Å². The van der Waals surface area contributed by atoms with Crippen LogP contribution in [0.25, 0.3) is 0 Å². The Morgan fingerprint density at radius 2 is 1.81 bits per heavy atom. The first kappa shape index (κ1) is 17.1. The van der Waals surface area contributed by atoms with Crippen LogP contribution in [0.5, 0.6) is 11.5 Å². The molecule has 0 saturated heterocycles. The molecule has 0 unspecified atom stereocenters. The lowest BCUT2D eigenvalue weighted by atomic mass is 9.89. The van der Waals surface area contributed by atoms with Crippen LogP contribution in [0.1, 0.15) is 37.7 Å². The highest BCUT2D eigenvalue weighted by molar-refractivity contribution is 5.85. The largest absolute Gasteiger partial charge is 0.453 e. The van der Waals surface area contributed by atoms with Gasteiger partial charge in [0.25, 0.3) is 0 Å². The fraction of sp³-hybridized carbons (Fsp3) is 0.400. The zero-order valence-corrected chi connectivity index (χ0v) is 14.3. The highest BCUT2D eigenvalue weighted by Crippen LogP contribution is 2.48. The summed E-state index contributed by atoms with van der Waals surface area (Å²) >= 11 is 0. The maximum absolute atomic E-state index is 13.3. The van der Waals surface area contributed by atoms with Crippen molar-refractivity contribution in [3.8, 4) is 11.5 Å². The van der Waals surface area contributed by atoms with E-state index in [1.807, 2.05) is 12.1 Å². The first-order valence-electron chi connectivity index (χ1n) is 9.04. The second-order valence-corrected chi connectivity index (χ2v) is 7.00. The third kappa shape index (κ3) is 3.45. The van der Waals surface area contributed by atoms with Gasteiger partial charge in [0.15, 0.2) is 11.5 Å². The smallest absolute Gasteiger partial charge is 0.416 e. The van der Waals surface area contributed by atoms with Gasteiger partial charge in [0.1, 0.15) is 5.69 Å². The Balaban J connectivity index is 1.65. The monoisotopic (exact) mass is 362 g/mol. The molecule has 2 aromatic carbocycles. The number of halogens is 3. The van der Waals surface area contributed by atoms with Gasteiger partial charge in [0, 0.05) is 6.54 Å². The van der Waals surface area contributed by atoms with Crippen molar-refractivity contribution in [1.29, 1.82) is 0 Å². The number of anilines is 3. The lowest BCUT2D eigenvalue weighted by Crippen LogP contribution is -2.19. The van der Waals surface area contributed by atoms with Crippen molar-refractivity contribution in [2.24, 2.45) is 5.92 Å². The van der Waals surface area contributed by atoms with Gasteiger partial charge in [-0.3, -0.25) is 0 Å². The van der Waals surface area contributed by atoms with E-state index in [-0.39, 0.29) is 5.75 Å². The molecule has 2 aromatic rings. The number of para-hydroxylation sites is 2. The maximum Gasteiger partial charge on any atom is 0.416 e. The van der Waals surface area contributed by atoms with Gasteiger partial charge >= 0.3 is 6.18 Å². The van der Waals surface area contributed by atoms with Gasteiger partial charge in [0.2, 0.25) is 0 Å². The Bertz CT molecular complexity index is 798. The van der Waals surface area contributed by atoms with Crippen molar-refractivity contribution in [3.63, 3.8) is 0 Å². The normalized spacial score (nSPS) is 16.9. The number of fused-ring (bicyclic) bond motifs is 2. The molecule has 26 heavy (non-hydrogen) atoms. The Morgan fingerprint density at radius 3 is 2.58 bits per heavy atom. The Kier molecular flexibility index (Phi) is 4.42. The van der Waals surface area contributed by atoms with E-state index < -0.39 is 11.7 Å². The Labute approximate surface area is 150 Å². The van der Waals surface area contributed by atoms with Gasteiger partial charge in [0.05, 0.1) is 16.9 Å². The minimum Gasteiger partial charge on any atom is -0.453 e. The van der Waals surface area contributed by atoms with Crippen molar-refractivity contribution in [3.05, 3.63) is 42.0 Å². The molecule has 4 rings (SSSR count). The third-order valence-corrected chi connectivity index (χ3v) is 5.10. The van der Waals surface area contributed by atoms with Crippen LogP contribution in [0.4, 0.5) is 30.2 Å². The molecule has 2 N–H and O–H groups in total. The van der Waals surface area contributed by atoms with Crippen LogP contribution in [0.2, 0.25) is 0 Å². The highest BCUT2D eigenvalue weighted by atomic mass is 19.4. The Morgan fingerprint density at radius 1 is 1.04 bits per heavy atom. The first-order valence-corrected chi connectivity index (χ1v) is 9.04. The van der Waals surface area contributed by atoms with Gasteiger partial charge < -0.3 is 15.4 Å². The van der Waals surface area contributed by atoms with E-state index in [4.69, 9.17) is 4.74 Å². The van der Waals surface area contributed by atoms with Crippen LogP contribution >= 0.6 is 0 Å². The first-order chi connectivity index (χ1) is 12.5. The number of nitrogens with one attached hydrogen (secondary N) is 2. The molecule has 1 heterocycles. The summed E-state index contributed by atoms with van der Waals surface area (Å²) in [5, 5.41) is 6.46. The SMILES string of the molecule is FC(F)(F)c1cc(NCC2CCCCC2)c2c(c1)Oc1ccccc1N2. The average molecular weight is 362 g/mol. The van der Waals surface area contributed by atoms with Crippen LogP contribution in [0, 0.1) is 5.92 Å². The molecule has 0 amide bonds. The second-order valence-electron chi connectivity index (χ2n) is 7.00. The molecule has 0 spiro atoms. The van der Waals surface area contributed by atoms with Crippen molar-refractivity contribution in [2.45, 2.75) is 38.3 Å². The zero-order chi connectivity index (χ0) is 18.1. The molecular weight excluding hydrogens is 341 g/mol. The predicted molar refractivity (Wildman–Crippen MR) is 96.3 cm³/mol. The van der Waals surface area contributed by atoms with Crippen molar-refractivity contribution in [1.82, 2.24) is 0 Å². The van der Waals surface area contributed by atoms with Gasteiger partial charge in [-0.1, -0.05) is 31.4 Å². The minimum absolute atomic E-state index is 0.199.